The van der Waals surface area contributed by atoms with E-state index < -0.39 is 15.9 Å². The number of pyridine rings is 1. The average Bonchev–Trinajstić information content (AvgIpc) is 2.53. The molecule has 0 bridgehead atoms. The van der Waals surface area contributed by atoms with Gasteiger partial charge in [0.2, 0.25) is 15.9 Å². The minimum Gasteiger partial charge on any atom is -0.366 e. The van der Waals surface area contributed by atoms with Gasteiger partial charge in [0, 0.05) is 37.5 Å². The Kier molecular flexibility index (Phi) is 4.89. The van der Waals surface area contributed by atoms with Crippen LogP contribution in [-0.4, -0.2) is 37.2 Å². The molecule has 0 saturated heterocycles. The first-order valence-corrected chi connectivity index (χ1v) is 8.11. The smallest absolute Gasteiger partial charge is 0.248 e. The second-order valence-electron chi connectivity index (χ2n) is 4.79. The molecule has 0 fully saturated rings. The lowest BCUT2D eigenvalue weighted by Crippen LogP contribution is -2.29. The maximum atomic E-state index is 12.4. The van der Waals surface area contributed by atoms with E-state index in [4.69, 9.17) is 5.73 Å². The van der Waals surface area contributed by atoms with Crippen LogP contribution in [0.15, 0.2) is 53.6 Å². The molecular weight excluding hydrogens is 302 g/mol. The van der Waals surface area contributed by atoms with E-state index in [1.54, 1.807) is 6.20 Å². The Morgan fingerprint density at radius 1 is 1.18 bits per heavy atom. The summed E-state index contributed by atoms with van der Waals surface area (Å²) in [4.78, 5) is 15.3. The van der Waals surface area contributed by atoms with Crippen molar-refractivity contribution in [1.82, 2.24) is 9.29 Å². The lowest BCUT2D eigenvalue weighted by molar-refractivity contribution is 0.1000. The monoisotopic (exact) mass is 319 g/mol. The molecule has 22 heavy (non-hydrogen) atoms. The Morgan fingerprint density at radius 2 is 1.86 bits per heavy atom. The first kappa shape index (κ1) is 16.1. The van der Waals surface area contributed by atoms with Crippen LogP contribution in [0, 0.1) is 0 Å². The van der Waals surface area contributed by atoms with Gasteiger partial charge in [0.25, 0.3) is 0 Å². The molecule has 116 valence electrons. The highest BCUT2D eigenvalue weighted by Gasteiger charge is 2.20. The van der Waals surface area contributed by atoms with Crippen molar-refractivity contribution < 1.29 is 13.2 Å². The topological polar surface area (TPSA) is 93.4 Å². The first-order chi connectivity index (χ1) is 10.4. The number of rotatable bonds is 6. The molecule has 1 amide bonds. The summed E-state index contributed by atoms with van der Waals surface area (Å²) in [6.45, 7) is 0.316. The third-order valence-corrected chi connectivity index (χ3v) is 5.13. The highest BCUT2D eigenvalue weighted by atomic mass is 32.2. The molecule has 6 nitrogen and oxygen atoms in total. The molecule has 0 atom stereocenters. The van der Waals surface area contributed by atoms with E-state index in [1.807, 2.05) is 18.2 Å². The Morgan fingerprint density at radius 3 is 2.41 bits per heavy atom. The van der Waals surface area contributed by atoms with Crippen LogP contribution >= 0.6 is 0 Å². The van der Waals surface area contributed by atoms with Gasteiger partial charge in [-0.2, -0.15) is 0 Å². The Balaban J connectivity index is 2.10. The van der Waals surface area contributed by atoms with Crippen molar-refractivity contribution in [2.45, 2.75) is 11.3 Å². The normalized spacial score (nSPS) is 11.5. The van der Waals surface area contributed by atoms with Crippen molar-refractivity contribution in [2.24, 2.45) is 5.73 Å². The largest absolute Gasteiger partial charge is 0.366 e. The molecular formula is C15H17N3O3S. The fourth-order valence-electron chi connectivity index (χ4n) is 1.91. The maximum absolute atomic E-state index is 12.4. The third-order valence-electron chi connectivity index (χ3n) is 3.26. The Hall–Kier alpha value is -2.25. The van der Waals surface area contributed by atoms with Crippen LogP contribution in [0.1, 0.15) is 16.1 Å². The molecule has 1 aromatic heterocycles. The number of hydrogen-bond acceptors (Lipinski definition) is 4. The molecule has 7 heteroatoms. The number of hydrogen-bond donors (Lipinski definition) is 1. The van der Waals surface area contributed by atoms with Crippen LogP contribution < -0.4 is 5.73 Å². The number of amides is 1. The van der Waals surface area contributed by atoms with Gasteiger partial charge in [0.15, 0.2) is 0 Å². The van der Waals surface area contributed by atoms with Gasteiger partial charge in [-0.05, 0) is 36.4 Å². The number of carbonyl (C=O) groups excluding carboxylic acids is 1. The Labute approximate surface area is 129 Å². The van der Waals surface area contributed by atoms with Gasteiger partial charge in [-0.1, -0.05) is 6.07 Å². The van der Waals surface area contributed by atoms with Crippen molar-refractivity contribution in [3.8, 4) is 0 Å². The van der Waals surface area contributed by atoms with Crippen molar-refractivity contribution in [3.05, 3.63) is 59.9 Å². The maximum Gasteiger partial charge on any atom is 0.248 e. The molecule has 2 rings (SSSR count). The van der Waals surface area contributed by atoms with Gasteiger partial charge >= 0.3 is 0 Å². The lowest BCUT2D eigenvalue weighted by atomic mass is 10.2. The van der Waals surface area contributed by atoms with Gasteiger partial charge in [0.1, 0.15) is 0 Å². The molecule has 0 saturated carbocycles. The van der Waals surface area contributed by atoms with Crippen LogP contribution in [0.4, 0.5) is 0 Å². The molecule has 0 unspecified atom stereocenters. The van der Waals surface area contributed by atoms with Gasteiger partial charge in [-0.25, -0.2) is 12.7 Å². The molecule has 0 aliphatic rings. The van der Waals surface area contributed by atoms with Gasteiger partial charge in [0.05, 0.1) is 4.90 Å². The van der Waals surface area contributed by atoms with E-state index in [1.165, 1.54) is 35.6 Å². The Bertz CT molecular complexity index is 743. The SMILES string of the molecule is CN(CCc1ccccn1)S(=O)(=O)c1ccc(C(N)=O)cc1. The standard InChI is InChI=1S/C15H17N3O3S/c1-18(11-9-13-4-2-3-10-17-13)22(20,21)14-7-5-12(6-8-14)15(16)19/h2-8,10H,9,11H2,1H3,(H2,16,19). The summed E-state index contributed by atoms with van der Waals surface area (Å²) in [6.07, 6.45) is 2.20. The lowest BCUT2D eigenvalue weighted by Gasteiger charge is -2.17. The summed E-state index contributed by atoms with van der Waals surface area (Å²) in [6, 6.07) is 11.1. The highest BCUT2D eigenvalue weighted by Crippen LogP contribution is 2.15. The van der Waals surface area contributed by atoms with Crippen LogP contribution in [0.5, 0.6) is 0 Å². The van der Waals surface area contributed by atoms with E-state index in [-0.39, 0.29) is 10.5 Å². The average molecular weight is 319 g/mol. The second kappa shape index (κ2) is 6.67. The predicted octanol–water partition coefficient (Wildman–Crippen LogP) is 1.04. The minimum atomic E-state index is -3.60. The van der Waals surface area contributed by atoms with Crippen LogP contribution in [-0.2, 0) is 16.4 Å². The van der Waals surface area contributed by atoms with Crippen LogP contribution in [0.3, 0.4) is 0 Å². The van der Waals surface area contributed by atoms with Gasteiger partial charge in [-0.3, -0.25) is 9.78 Å². The molecule has 2 aromatic rings. The predicted molar refractivity (Wildman–Crippen MR) is 82.7 cm³/mol. The van der Waals surface area contributed by atoms with Crippen molar-refractivity contribution in [1.29, 1.82) is 0 Å². The van der Waals surface area contributed by atoms with E-state index >= 15 is 0 Å². The van der Waals surface area contributed by atoms with E-state index in [0.717, 1.165) is 5.69 Å². The van der Waals surface area contributed by atoms with Gasteiger partial charge in [-0.15, -0.1) is 0 Å². The third kappa shape index (κ3) is 3.69. The summed E-state index contributed by atoms with van der Waals surface area (Å²) in [5.74, 6) is -0.590. The molecule has 1 heterocycles. The van der Waals surface area contributed by atoms with E-state index in [9.17, 15) is 13.2 Å². The number of sulfonamides is 1. The van der Waals surface area contributed by atoms with E-state index in [0.29, 0.717) is 13.0 Å². The summed E-state index contributed by atoms with van der Waals surface area (Å²) < 4.78 is 26.1. The number of nitrogens with zero attached hydrogens (tertiary/aromatic N) is 2. The fraction of sp³-hybridized carbons (Fsp3) is 0.200. The van der Waals surface area contributed by atoms with Crippen LogP contribution in [0.2, 0.25) is 0 Å². The second-order valence-corrected chi connectivity index (χ2v) is 6.83. The number of aromatic nitrogens is 1. The van der Waals surface area contributed by atoms with Crippen molar-refractivity contribution in [2.75, 3.05) is 13.6 Å². The minimum absolute atomic E-state index is 0.126. The fourth-order valence-corrected chi connectivity index (χ4v) is 3.08. The number of primary amides is 1. The number of likely N-dealkylation sites (N-methyl/N-ethyl adjacent to an activating group) is 1. The van der Waals surface area contributed by atoms with Crippen molar-refractivity contribution >= 4 is 15.9 Å². The van der Waals surface area contributed by atoms with Crippen molar-refractivity contribution in [3.63, 3.8) is 0 Å². The van der Waals surface area contributed by atoms with Crippen LogP contribution in [0.25, 0.3) is 0 Å². The summed E-state index contributed by atoms with van der Waals surface area (Å²) in [7, 11) is -2.08. The van der Waals surface area contributed by atoms with E-state index in [2.05, 4.69) is 4.98 Å². The first-order valence-electron chi connectivity index (χ1n) is 6.67. The molecule has 2 N–H and O–H groups in total. The number of carbonyl (C=O) groups is 1. The zero-order valence-electron chi connectivity index (χ0n) is 12.1. The van der Waals surface area contributed by atoms with Gasteiger partial charge < -0.3 is 5.73 Å². The molecule has 0 radical (unpaired) electrons. The summed E-state index contributed by atoms with van der Waals surface area (Å²) in [5.41, 5.74) is 6.24. The molecule has 0 aliphatic carbocycles. The molecule has 0 aliphatic heterocycles. The molecule has 1 aromatic carbocycles. The highest BCUT2D eigenvalue weighted by molar-refractivity contribution is 7.89. The quantitative estimate of drug-likeness (QED) is 0.861. The summed E-state index contributed by atoms with van der Waals surface area (Å²) in [5, 5.41) is 0. The summed E-state index contributed by atoms with van der Waals surface area (Å²) >= 11 is 0. The number of nitrogens with two attached hydrogens (primary N) is 1. The number of benzene rings is 1. The molecule has 0 spiro atoms. The zero-order valence-corrected chi connectivity index (χ0v) is 13.0. The zero-order chi connectivity index (χ0) is 16.2.